The Morgan fingerprint density at radius 2 is 1.91 bits per heavy atom. The highest BCUT2D eigenvalue weighted by molar-refractivity contribution is 5.72. The summed E-state index contributed by atoms with van der Waals surface area (Å²) < 4.78 is 5.41. The van der Waals surface area contributed by atoms with Crippen LogP contribution in [0.1, 0.15) is 30.4 Å². The first-order valence-corrected chi connectivity index (χ1v) is 8.49. The van der Waals surface area contributed by atoms with Gasteiger partial charge in [0.1, 0.15) is 5.75 Å². The Hall–Kier alpha value is -2.06. The van der Waals surface area contributed by atoms with E-state index in [9.17, 15) is 0 Å². The van der Waals surface area contributed by atoms with Gasteiger partial charge in [0.2, 0.25) is 0 Å². The van der Waals surface area contributed by atoms with Crippen LogP contribution in [-0.2, 0) is 6.54 Å². The molecule has 0 saturated carbocycles. The summed E-state index contributed by atoms with van der Waals surface area (Å²) in [6, 6.07) is 20.6. The van der Waals surface area contributed by atoms with Crippen molar-refractivity contribution < 1.29 is 4.74 Å². The largest absolute Gasteiger partial charge is 0.497 e. The molecule has 1 saturated heterocycles. The smallest absolute Gasteiger partial charge is 0.119 e. The first kappa shape index (κ1) is 14.5. The summed E-state index contributed by atoms with van der Waals surface area (Å²) in [5, 5.41) is 0. The lowest BCUT2D eigenvalue weighted by atomic mass is 9.93. The van der Waals surface area contributed by atoms with Crippen molar-refractivity contribution in [1.29, 1.82) is 0 Å². The molecule has 2 atom stereocenters. The van der Waals surface area contributed by atoms with E-state index in [2.05, 4.69) is 59.5 Å². The van der Waals surface area contributed by atoms with Gasteiger partial charge in [-0.25, -0.2) is 0 Å². The predicted molar refractivity (Wildman–Crippen MR) is 94.4 cm³/mol. The van der Waals surface area contributed by atoms with Gasteiger partial charge in [-0.3, -0.25) is 4.90 Å². The fourth-order valence-corrected chi connectivity index (χ4v) is 4.07. The zero-order valence-electron chi connectivity index (χ0n) is 13.6. The van der Waals surface area contributed by atoms with Gasteiger partial charge in [-0.15, -0.1) is 0 Å². The molecule has 0 radical (unpaired) electrons. The van der Waals surface area contributed by atoms with Gasteiger partial charge in [-0.1, -0.05) is 48.5 Å². The topological polar surface area (TPSA) is 12.5 Å². The standard InChI is InChI=1S/C21H23NO/c1-23-19-9-5-8-17(14-19)20-12-10-18-11-13-21(20)22(18)15-16-6-3-2-4-7-16/h2-9,12,14,18,21H,10-11,13,15H2,1H3. The number of hydrogen-bond acceptors (Lipinski definition) is 2. The van der Waals surface area contributed by atoms with Crippen LogP contribution in [0.4, 0.5) is 0 Å². The van der Waals surface area contributed by atoms with Gasteiger partial charge in [-0.2, -0.15) is 0 Å². The molecule has 2 heteroatoms. The Morgan fingerprint density at radius 1 is 1.04 bits per heavy atom. The summed E-state index contributed by atoms with van der Waals surface area (Å²) in [4.78, 5) is 2.70. The number of methoxy groups -OCH3 is 1. The first-order valence-electron chi connectivity index (χ1n) is 8.49. The van der Waals surface area contributed by atoms with E-state index in [4.69, 9.17) is 4.74 Å². The Labute approximate surface area is 138 Å². The molecule has 4 rings (SSSR count). The fourth-order valence-electron chi connectivity index (χ4n) is 4.07. The molecule has 0 spiro atoms. The van der Waals surface area contributed by atoms with E-state index < -0.39 is 0 Å². The lowest BCUT2D eigenvalue weighted by Crippen LogP contribution is -2.38. The summed E-state index contributed by atoms with van der Waals surface area (Å²) in [6.07, 6.45) is 6.19. The van der Waals surface area contributed by atoms with E-state index in [1.165, 1.54) is 29.5 Å². The van der Waals surface area contributed by atoms with Crippen molar-refractivity contribution in [3.8, 4) is 5.75 Å². The van der Waals surface area contributed by atoms with Gasteiger partial charge in [0.05, 0.1) is 7.11 Å². The molecular weight excluding hydrogens is 282 g/mol. The number of nitrogens with zero attached hydrogens (tertiary/aromatic N) is 1. The van der Waals surface area contributed by atoms with Crippen molar-refractivity contribution in [2.24, 2.45) is 0 Å². The SMILES string of the molecule is COc1cccc(C2=CCC3CCC2N3Cc2ccccc2)c1. The first-order chi connectivity index (χ1) is 11.3. The highest BCUT2D eigenvalue weighted by Crippen LogP contribution is 2.41. The van der Waals surface area contributed by atoms with Crippen molar-refractivity contribution in [3.05, 3.63) is 71.8 Å². The second-order valence-corrected chi connectivity index (χ2v) is 6.53. The van der Waals surface area contributed by atoms with Crippen molar-refractivity contribution in [2.45, 2.75) is 37.9 Å². The number of hydrogen-bond donors (Lipinski definition) is 0. The normalized spacial score (nSPS) is 23.6. The second-order valence-electron chi connectivity index (χ2n) is 6.53. The van der Waals surface area contributed by atoms with Crippen LogP contribution in [0.3, 0.4) is 0 Å². The molecule has 2 unspecified atom stereocenters. The third-order valence-corrected chi connectivity index (χ3v) is 5.22. The van der Waals surface area contributed by atoms with Crippen LogP contribution in [0.2, 0.25) is 0 Å². The Kier molecular flexibility index (Phi) is 3.92. The third-order valence-electron chi connectivity index (χ3n) is 5.22. The van der Waals surface area contributed by atoms with Crippen LogP contribution in [0.25, 0.3) is 5.57 Å². The minimum absolute atomic E-state index is 0.543. The van der Waals surface area contributed by atoms with Gasteiger partial charge >= 0.3 is 0 Å². The molecule has 2 heterocycles. The van der Waals surface area contributed by atoms with E-state index in [0.717, 1.165) is 18.7 Å². The minimum Gasteiger partial charge on any atom is -0.497 e. The summed E-state index contributed by atoms with van der Waals surface area (Å²) >= 11 is 0. The van der Waals surface area contributed by atoms with Crippen LogP contribution >= 0.6 is 0 Å². The average Bonchev–Trinajstić information content (AvgIpc) is 2.86. The van der Waals surface area contributed by atoms with E-state index >= 15 is 0 Å². The van der Waals surface area contributed by atoms with Crippen LogP contribution in [-0.4, -0.2) is 24.1 Å². The number of rotatable bonds is 4. The van der Waals surface area contributed by atoms with E-state index in [1.807, 2.05) is 6.07 Å². The predicted octanol–water partition coefficient (Wildman–Crippen LogP) is 4.52. The van der Waals surface area contributed by atoms with Gasteiger partial charge in [0.25, 0.3) is 0 Å². The Morgan fingerprint density at radius 3 is 2.74 bits per heavy atom. The number of fused-ring (bicyclic) bond motifs is 2. The molecule has 2 aromatic rings. The summed E-state index contributed by atoms with van der Waals surface area (Å²) in [5.41, 5.74) is 4.21. The van der Waals surface area contributed by atoms with Crippen LogP contribution in [0.15, 0.2) is 60.7 Å². The van der Waals surface area contributed by atoms with Gasteiger partial charge in [0, 0.05) is 18.6 Å². The molecule has 1 fully saturated rings. The van der Waals surface area contributed by atoms with Crippen LogP contribution in [0, 0.1) is 0 Å². The maximum absolute atomic E-state index is 5.41. The van der Waals surface area contributed by atoms with Gasteiger partial charge in [-0.05, 0) is 48.1 Å². The third kappa shape index (κ3) is 2.79. The van der Waals surface area contributed by atoms with E-state index in [0.29, 0.717) is 12.1 Å². The highest BCUT2D eigenvalue weighted by atomic mass is 16.5. The quantitative estimate of drug-likeness (QED) is 0.823. The zero-order chi connectivity index (χ0) is 15.6. The second kappa shape index (κ2) is 6.21. The lowest BCUT2D eigenvalue weighted by molar-refractivity contribution is 0.206. The molecule has 0 N–H and O–H groups in total. The molecule has 118 valence electrons. The molecule has 2 bridgehead atoms. The molecule has 2 nitrogen and oxygen atoms in total. The molecular formula is C21H23NO. The van der Waals surface area contributed by atoms with Crippen molar-refractivity contribution in [1.82, 2.24) is 4.90 Å². The molecule has 2 aliphatic heterocycles. The Bertz CT molecular complexity index is 707. The van der Waals surface area contributed by atoms with Gasteiger partial charge in [0.15, 0.2) is 0 Å². The van der Waals surface area contributed by atoms with Crippen molar-refractivity contribution in [3.63, 3.8) is 0 Å². The van der Waals surface area contributed by atoms with E-state index in [1.54, 1.807) is 7.11 Å². The summed E-state index contributed by atoms with van der Waals surface area (Å²) in [6.45, 7) is 1.05. The Balaban J connectivity index is 1.61. The van der Waals surface area contributed by atoms with Gasteiger partial charge < -0.3 is 4.74 Å². The molecule has 0 aliphatic carbocycles. The van der Waals surface area contributed by atoms with Crippen molar-refractivity contribution >= 4 is 5.57 Å². The molecule has 2 aliphatic rings. The maximum atomic E-state index is 5.41. The highest BCUT2D eigenvalue weighted by Gasteiger charge is 2.38. The molecule has 0 aromatic heterocycles. The lowest BCUT2D eigenvalue weighted by Gasteiger charge is -2.35. The molecule has 23 heavy (non-hydrogen) atoms. The van der Waals surface area contributed by atoms with Crippen molar-refractivity contribution in [2.75, 3.05) is 7.11 Å². The zero-order valence-corrected chi connectivity index (χ0v) is 13.6. The minimum atomic E-state index is 0.543. The molecule has 2 aromatic carbocycles. The average molecular weight is 305 g/mol. The summed E-state index contributed by atoms with van der Waals surface area (Å²) in [5.74, 6) is 0.943. The van der Waals surface area contributed by atoms with Crippen LogP contribution in [0.5, 0.6) is 5.75 Å². The molecule has 0 amide bonds. The monoisotopic (exact) mass is 305 g/mol. The van der Waals surface area contributed by atoms with Crippen LogP contribution < -0.4 is 4.74 Å². The fraction of sp³-hybridized carbons (Fsp3) is 0.333. The van der Waals surface area contributed by atoms with E-state index in [-0.39, 0.29) is 0 Å². The maximum Gasteiger partial charge on any atom is 0.119 e. The summed E-state index contributed by atoms with van der Waals surface area (Å²) in [7, 11) is 1.74. The number of benzene rings is 2. The number of ether oxygens (including phenoxy) is 1.